The molecule has 1 atom stereocenters. The van der Waals surface area contributed by atoms with E-state index in [1.807, 2.05) is 20.2 Å². The van der Waals surface area contributed by atoms with Crippen molar-refractivity contribution in [3.05, 3.63) is 93.4 Å². The lowest BCUT2D eigenvalue weighted by molar-refractivity contribution is -0.137. The summed E-state index contributed by atoms with van der Waals surface area (Å²) >= 11 is 0. The van der Waals surface area contributed by atoms with Gasteiger partial charge in [-0.2, -0.15) is 13.2 Å². The Labute approximate surface area is 244 Å². The van der Waals surface area contributed by atoms with Gasteiger partial charge in [0.15, 0.2) is 5.78 Å². The molecule has 3 aromatic rings. The second kappa shape index (κ2) is 14.7. The number of ether oxygens (including phenoxy) is 1. The molecule has 0 saturated carbocycles. The second-order valence-corrected chi connectivity index (χ2v) is 10.5. The van der Waals surface area contributed by atoms with Crippen LogP contribution in [0.5, 0.6) is 11.5 Å². The highest BCUT2D eigenvalue weighted by Crippen LogP contribution is 2.31. The van der Waals surface area contributed by atoms with Gasteiger partial charge in [0.1, 0.15) is 11.5 Å². The van der Waals surface area contributed by atoms with Crippen LogP contribution in [-0.4, -0.2) is 35.4 Å². The zero-order valence-corrected chi connectivity index (χ0v) is 24.3. The zero-order chi connectivity index (χ0) is 30.9. The third kappa shape index (κ3) is 8.96. The number of carbonyl (C=O) groups excluding carboxylic acids is 1. The van der Waals surface area contributed by atoms with Gasteiger partial charge in [-0.1, -0.05) is 32.9 Å². The normalized spacial score (nSPS) is 12.7. The van der Waals surface area contributed by atoms with Gasteiger partial charge < -0.3 is 14.7 Å². The Morgan fingerprint density at radius 2 is 1.60 bits per heavy atom. The minimum Gasteiger partial charge on any atom is -0.478 e. The number of hydrogen-bond donors (Lipinski definition) is 1. The van der Waals surface area contributed by atoms with Gasteiger partial charge in [-0.15, -0.1) is 0 Å². The third-order valence-electron chi connectivity index (χ3n) is 7.23. The van der Waals surface area contributed by atoms with Crippen LogP contribution in [0.2, 0.25) is 0 Å². The highest BCUT2D eigenvalue weighted by molar-refractivity contribution is 5.96. The average Bonchev–Trinajstić information content (AvgIpc) is 2.94. The maximum atomic E-state index is 12.8. The Hall–Kier alpha value is -4.07. The van der Waals surface area contributed by atoms with Crippen molar-refractivity contribution in [1.82, 2.24) is 4.90 Å². The van der Waals surface area contributed by atoms with Crippen molar-refractivity contribution < 1.29 is 32.6 Å². The van der Waals surface area contributed by atoms with E-state index in [1.165, 1.54) is 12.1 Å². The lowest BCUT2D eigenvalue weighted by atomic mass is 9.94. The summed E-state index contributed by atoms with van der Waals surface area (Å²) in [5, 5.41) is 11.2. The van der Waals surface area contributed by atoms with Crippen molar-refractivity contribution in [1.29, 1.82) is 0 Å². The summed E-state index contributed by atoms with van der Waals surface area (Å²) in [5.74, 6) is 0.145. The molecule has 0 aliphatic rings. The lowest BCUT2D eigenvalue weighted by Gasteiger charge is -2.23. The van der Waals surface area contributed by atoms with E-state index in [-0.39, 0.29) is 11.5 Å². The monoisotopic (exact) mass is 581 g/mol. The van der Waals surface area contributed by atoms with E-state index < -0.39 is 17.7 Å². The van der Waals surface area contributed by atoms with Crippen LogP contribution in [0.25, 0.3) is 12.8 Å². The summed E-state index contributed by atoms with van der Waals surface area (Å²) in [5.41, 5.74) is 0.883. The van der Waals surface area contributed by atoms with Crippen LogP contribution in [-0.2, 0) is 12.6 Å². The van der Waals surface area contributed by atoms with Crippen molar-refractivity contribution in [3.63, 3.8) is 0 Å². The van der Waals surface area contributed by atoms with Crippen LogP contribution < -0.4 is 15.2 Å². The molecule has 0 heterocycles. The first-order chi connectivity index (χ1) is 19.9. The van der Waals surface area contributed by atoms with Gasteiger partial charge >= 0.3 is 12.1 Å². The number of hydrogen-bond acceptors (Lipinski definition) is 4. The number of nitrogens with zero attached hydrogens (tertiary/aromatic N) is 1. The molecule has 1 N–H and O–H groups in total. The Balaban J connectivity index is 1.57. The number of carbonyl (C=O) groups is 2. The molecule has 0 fully saturated rings. The summed E-state index contributed by atoms with van der Waals surface area (Å²) in [6, 6.07) is 14.4. The predicted molar refractivity (Wildman–Crippen MR) is 159 cm³/mol. The molecule has 3 aromatic carbocycles. The van der Waals surface area contributed by atoms with E-state index in [4.69, 9.17) is 4.74 Å². The summed E-state index contributed by atoms with van der Waals surface area (Å²) in [4.78, 5) is 26.6. The van der Waals surface area contributed by atoms with E-state index in [9.17, 15) is 27.9 Å². The Kier molecular flexibility index (Phi) is 11.4. The predicted octanol–water partition coefficient (Wildman–Crippen LogP) is 7.31. The topological polar surface area (TPSA) is 66.8 Å². The summed E-state index contributed by atoms with van der Waals surface area (Å²) in [6.07, 6.45) is 2.20. The van der Waals surface area contributed by atoms with Crippen LogP contribution in [0.1, 0.15) is 77.8 Å². The lowest BCUT2D eigenvalue weighted by Crippen LogP contribution is -2.33. The Morgan fingerprint density at radius 3 is 2.14 bits per heavy atom. The van der Waals surface area contributed by atoms with E-state index in [2.05, 4.69) is 18.4 Å². The molecular weight excluding hydrogens is 543 g/mol. The molecule has 0 aliphatic carbocycles. The number of halogens is 3. The van der Waals surface area contributed by atoms with Gasteiger partial charge in [-0.05, 0) is 97.0 Å². The number of rotatable bonds is 14. The average molecular weight is 582 g/mol. The molecule has 42 heavy (non-hydrogen) atoms. The number of Topliss-reactive ketones (excluding diaryl/α,β-unsaturated/α-hetero) is 1. The van der Waals surface area contributed by atoms with E-state index in [1.54, 1.807) is 36.4 Å². The number of carboxylic acid groups (broad SMARTS) is 1. The molecule has 8 heteroatoms. The fourth-order valence-electron chi connectivity index (χ4n) is 5.12. The molecule has 224 valence electrons. The van der Waals surface area contributed by atoms with Gasteiger partial charge in [0.05, 0.1) is 11.1 Å². The molecule has 1 unspecified atom stereocenters. The highest BCUT2D eigenvalue weighted by Gasteiger charge is 2.30. The van der Waals surface area contributed by atoms with Gasteiger partial charge in [-0.3, -0.25) is 4.79 Å². The first-order valence-corrected chi connectivity index (χ1v) is 14.2. The summed E-state index contributed by atoms with van der Waals surface area (Å²) < 4.78 is 43.9. The number of aromatic carboxylic acids is 1. The fraction of sp³-hybridized carbons (Fsp3) is 0.353. The van der Waals surface area contributed by atoms with Gasteiger partial charge in [-0.25, -0.2) is 4.79 Å². The van der Waals surface area contributed by atoms with Crippen molar-refractivity contribution in [2.24, 2.45) is 5.92 Å². The molecule has 0 bridgehead atoms. The first-order valence-electron chi connectivity index (χ1n) is 14.2. The maximum absolute atomic E-state index is 12.8. The van der Waals surface area contributed by atoms with Crippen molar-refractivity contribution in [3.8, 4) is 11.5 Å². The number of benzene rings is 3. The van der Waals surface area contributed by atoms with E-state index in [0.29, 0.717) is 35.6 Å². The molecule has 0 spiro atoms. The molecule has 0 aliphatic heterocycles. The second-order valence-electron chi connectivity index (χ2n) is 10.5. The van der Waals surface area contributed by atoms with E-state index in [0.717, 1.165) is 60.4 Å². The van der Waals surface area contributed by atoms with Crippen molar-refractivity contribution >= 4 is 24.5 Å². The minimum absolute atomic E-state index is 0.0195. The largest absolute Gasteiger partial charge is 0.478 e. The van der Waals surface area contributed by atoms with E-state index >= 15 is 0 Å². The molecule has 0 saturated heterocycles. The van der Waals surface area contributed by atoms with Crippen molar-refractivity contribution in [2.75, 3.05) is 13.6 Å². The maximum Gasteiger partial charge on any atom is 0.416 e. The fourth-order valence-corrected chi connectivity index (χ4v) is 5.12. The molecule has 5 nitrogen and oxygen atoms in total. The first kappa shape index (κ1) is 32.4. The van der Waals surface area contributed by atoms with Crippen LogP contribution in [0.15, 0.2) is 60.7 Å². The number of carboxylic acids is 1. The Morgan fingerprint density at radius 1 is 0.976 bits per heavy atom. The zero-order valence-electron chi connectivity index (χ0n) is 24.3. The Bertz CT molecular complexity index is 1460. The van der Waals surface area contributed by atoms with Gasteiger partial charge in [0, 0.05) is 37.0 Å². The van der Waals surface area contributed by atoms with Crippen LogP contribution in [0.4, 0.5) is 13.2 Å². The summed E-state index contributed by atoms with van der Waals surface area (Å²) in [7, 11) is 1.98. The minimum atomic E-state index is -4.41. The molecule has 3 rings (SSSR count). The SMILES string of the molecule is C=c1ccc(C(=O)O)c(CC)/c1=C/N(C)CC(CCC)CCCC(=O)c1ccc(Oc2ccc(C(F)(F)F)cc2)cc1. The molecule has 0 aromatic heterocycles. The standard InChI is InChI=1S/C34H38F3NO4/c1-5-8-24(21-38(4)22-31-23(3)11-20-30(33(40)41)29(31)6-2)9-7-10-32(39)25-12-16-27(17-13-25)42-28-18-14-26(15-19-28)34(35,36)37/h11-20,22,24H,3,5-10,21H2,1-2,4H3,(H,40,41)/b31-22+. The number of ketones is 1. The summed E-state index contributed by atoms with van der Waals surface area (Å²) in [6.45, 7) is 8.95. The molecule has 0 amide bonds. The highest BCUT2D eigenvalue weighted by atomic mass is 19.4. The van der Waals surface area contributed by atoms with Gasteiger partial charge in [0.25, 0.3) is 0 Å². The third-order valence-corrected chi connectivity index (χ3v) is 7.23. The smallest absolute Gasteiger partial charge is 0.416 e. The van der Waals surface area contributed by atoms with Crippen LogP contribution in [0, 0.1) is 5.92 Å². The molecule has 0 radical (unpaired) electrons. The van der Waals surface area contributed by atoms with Crippen molar-refractivity contribution in [2.45, 2.75) is 58.5 Å². The number of alkyl halides is 3. The molecular formula is C34H38F3NO4. The quantitative estimate of drug-likeness (QED) is 0.202. The van der Waals surface area contributed by atoms with Gasteiger partial charge in [0.2, 0.25) is 0 Å². The van der Waals surface area contributed by atoms with Crippen LogP contribution >= 0.6 is 0 Å². The van der Waals surface area contributed by atoms with Crippen LogP contribution in [0.3, 0.4) is 0 Å².